The Bertz CT molecular complexity index is 988. The van der Waals surface area contributed by atoms with Crippen LogP contribution in [0.5, 0.6) is 0 Å². The highest BCUT2D eigenvalue weighted by Gasteiger charge is 2.21. The van der Waals surface area contributed by atoms with Crippen LogP contribution in [0, 0.1) is 6.92 Å². The smallest absolute Gasteiger partial charge is 0.278 e. The van der Waals surface area contributed by atoms with Crippen LogP contribution in [-0.2, 0) is 10.0 Å². The third-order valence-corrected chi connectivity index (χ3v) is 5.74. The Morgan fingerprint density at radius 2 is 2.19 bits per heavy atom. The number of rotatable bonds is 3. The second-order valence-corrected chi connectivity index (χ2v) is 7.69. The summed E-state index contributed by atoms with van der Waals surface area (Å²) in [5.74, 6) is 0.166. The van der Waals surface area contributed by atoms with Gasteiger partial charge in [0.25, 0.3) is 21.4 Å². The van der Waals surface area contributed by atoms with Gasteiger partial charge in [-0.2, -0.15) is 4.52 Å². The van der Waals surface area contributed by atoms with Crippen LogP contribution in [0.3, 0.4) is 0 Å². The SMILES string of the molecule is Cc1nc2nc[nH]n2c(=O)c1NS(=O)(=O)c1ccc(Cl)s1. The van der Waals surface area contributed by atoms with Gasteiger partial charge in [-0.25, -0.2) is 18.4 Å². The molecule has 110 valence electrons. The van der Waals surface area contributed by atoms with E-state index in [2.05, 4.69) is 19.8 Å². The van der Waals surface area contributed by atoms with Gasteiger partial charge in [0.05, 0.1) is 10.0 Å². The molecular weight excluding hydrogens is 338 g/mol. The lowest BCUT2D eigenvalue weighted by atomic mass is 10.4. The van der Waals surface area contributed by atoms with Gasteiger partial charge in [-0.3, -0.25) is 14.6 Å². The molecule has 0 bridgehead atoms. The number of thiophene rings is 1. The first-order chi connectivity index (χ1) is 9.88. The van der Waals surface area contributed by atoms with Crippen LogP contribution in [0.4, 0.5) is 5.69 Å². The molecule has 0 aromatic carbocycles. The molecule has 0 saturated heterocycles. The average Bonchev–Trinajstić information content (AvgIpc) is 3.03. The molecule has 0 amide bonds. The molecule has 11 heteroatoms. The van der Waals surface area contributed by atoms with Gasteiger partial charge in [-0.15, -0.1) is 11.3 Å². The quantitative estimate of drug-likeness (QED) is 0.742. The third kappa shape index (κ3) is 2.41. The van der Waals surface area contributed by atoms with E-state index in [1.807, 2.05) is 0 Å². The number of hydrogen-bond donors (Lipinski definition) is 2. The van der Waals surface area contributed by atoms with E-state index in [-0.39, 0.29) is 21.4 Å². The van der Waals surface area contributed by atoms with Crippen LogP contribution >= 0.6 is 22.9 Å². The summed E-state index contributed by atoms with van der Waals surface area (Å²) >= 11 is 6.63. The molecular formula is C10H8ClN5O3S2. The van der Waals surface area contributed by atoms with Crippen molar-refractivity contribution in [1.29, 1.82) is 0 Å². The normalized spacial score (nSPS) is 11.9. The Balaban J connectivity index is 2.12. The molecule has 0 aliphatic heterocycles. The zero-order valence-electron chi connectivity index (χ0n) is 10.5. The molecule has 0 unspecified atom stereocenters. The second kappa shape index (κ2) is 4.83. The van der Waals surface area contributed by atoms with Crippen LogP contribution in [0.1, 0.15) is 5.69 Å². The maximum Gasteiger partial charge on any atom is 0.298 e. The molecule has 0 fully saturated rings. The largest absolute Gasteiger partial charge is 0.298 e. The van der Waals surface area contributed by atoms with Crippen molar-refractivity contribution < 1.29 is 8.42 Å². The number of H-pyrrole nitrogens is 1. The van der Waals surface area contributed by atoms with Crippen molar-refractivity contribution in [3.05, 3.63) is 38.8 Å². The van der Waals surface area contributed by atoms with Crippen LogP contribution in [0.2, 0.25) is 4.34 Å². The summed E-state index contributed by atoms with van der Waals surface area (Å²) in [7, 11) is -3.89. The summed E-state index contributed by atoms with van der Waals surface area (Å²) in [6, 6.07) is 2.83. The number of halogens is 1. The highest BCUT2D eigenvalue weighted by molar-refractivity contribution is 7.94. The third-order valence-electron chi connectivity index (χ3n) is 2.66. The fourth-order valence-corrected chi connectivity index (χ4v) is 4.30. The maximum absolute atomic E-state index is 12.2. The second-order valence-electron chi connectivity index (χ2n) is 4.06. The Kier molecular flexibility index (Phi) is 3.23. The number of anilines is 1. The number of nitrogens with zero attached hydrogens (tertiary/aromatic N) is 3. The number of fused-ring (bicyclic) bond motifs is 1. The molecule has 21 heavy (non-hydrogen) atoms. The first kappa shape index (κ1) is 14.0. The number of aryl methyl sites for hydroxylation is 1. The molecule has 0 saturated carbocycles. The molecule has 3 heterocycles. The van der Waals surface area contributed by atoms with Crippen LogP contribution in [-0.4, -0.2) is 28.0 Å². The Morgan fingerprint density at radius 3 is 2.86 bits per heavy atom. The highest BCUT2D eigenvalue weighted by Crippen LogP contribution is 2.27. The van der Waals surface area contributed by atoms with E-state index in [4.69, 9.17) is 11.6 Å². The number of hydrogen-bond acceptors (Lipinski definition) is 6. The van der Waals surface area contributed by atoms with Crippen LogP contribution in [0.15, 0.2) is 27.5 Å². The summed E-state index contributed by atoms with van der Waals surface area (Å²) in [6.45, 7) is 1.52. The molecule has 0 aliphatic rings. The molecule has 8 nitrogen and oxygen atoms in total. The van der Waals surface area contributed by atoms with Crippen molar-refractivity contribution in [2.24, 2.45) is 0 Å². The van der Waals surface area contributed by atoms with E-state index in [9.17, 15) is 13.2 Å². The van der Waals surface area contributed by atoms with Crippen molar-refractivity contribution in [3.8, 4) is 0 Å². The monoisotopic (exact) mass is 345 g/mol. The van der Waals surface area contributed by atoms with Gasteiger partial charge in [-0.1, -0.05) is 11.6 Å². The maximum atomic E-state index is 12.2. The van der Waals surface area contributed by atoms with Crippen molar-refractivity contribution >= 4 is 44.4 Å². The molecule has 0 spiro atoms. The van der Waals surface area contributed by atoms with E-state index in [1.165, 1.54) is 25.4 Å². The van der Waals surface area contributed by atoms with E-state index in [0.29, 0.717) is 4.34 Å². The summed E-state index contributed by atoms with van der Waals surface area (Å²) in [5, 5.41) is 2.56. The van der Waals surface area contributed by atoms with Crippen molar-refractivity contribution in [2.45, 2.75) is 11.1 Å². The number of aromatic nitrogens is 4. The molecule has 3 aromatic rings. The van der Waals surface area contributed by atoms with E-state index < -0.39 is 15.6 Å². The Hall–Kier alpha value is -1.91. The minimum atomic E-state index is -3.89. The fourth-order valence-electron chi connectivity index (χ4n) is 1.70. The van der Waals surface area contributed by atoms with Gasteiger partial charge in [0.1, 0.15) is 16.2 Å². The van der Waals surface area contributed by atoms with Gasteiger partial charge in [0.15, 0.2) is 0 Å². The van der Waals surface area contributed by atoms with E-state index >= 15 is 0 Å². The first-order valence-corrected chi connectivity index (χ1v) is 8.27. The predicted molar refractivity (Wildman–Crippen MR) is 78.5 cm³/mol. The van der Waals surface area contributed by atoms with Gasteiger partial charge >= 0.3 is 0 Å². The lowest BCUT2D eigenvalue weighted by molar-refractivity contribution is 0.603. The van der Waals surface area contributed by atoms with Crippen molar-refractivity contribution in [1.82, 2.24) is 19.6 Å². The van der Waals surface area contributed by atoms with Crippen LogP contribution < -0.4 is 10.3 Å². The standard InChI is InChI=1S/C10H8ClN5O3S2/c1-5-8(9(17)16-10(14-5)12-4-13-16)15-21(18,19)7-3-2-6(11)20-7/h2-4,15H,1H3,(H,12,13,14). The number of nitrogens with one attached hydrogen (secondary N) is 2. The Labute approximate surface area is 127 Å². The zero-order valence-corrected chi connectivity index (χ0v) is 12.9. The van der Waals surface area contributed by atoms with Gasteiger partial charge in [0, 0.05) is 0 Å². The number of aromatic amines is 1. The van der Waals surface area contributed by atoms with Crippen LogP contribution in [0.25, 0.3) is 5.78 Å². The molecule has 3 rings (SSSR count). The first-order valence-electron chi connectivity index (χ1n) is 5.59. The lowest BCUT2D eigenvalue weighted by Crippen LogP contribution is -2.25. The number of sulfonamides is 1. The molecule has 0 atom stereocenters. The van der Waals surface area contributed by atoms with Crippen molar-refractivity contribution in [2.75, 3.05) is 4.72 Å². The summed E-state index contributed by atoms with van der Waals surface area (Å²) < 4.78 is 28.1. The Morgan fingerprint density at radius 1 is 1.43 bits per heavy atom. The summed E-state index contributed by atoms with van der Waals surface area (Å²) in [5.41, 5.74) is -0.485. The minimum absolute atomic E-state index is 0.0148. The molecule has 0 aliphatic carbocycles. The summed E-state index contributed by atoms with van der Waals surface area (Å²) in [6.07, 6.45) is 1.29. The fraction of sp³-hybridized carbons (Fsp3) is 0.100. The van der Waals surface area contributed by atoms with Gasteiger partial charge in [0.2, 0.25) is 0 Å². The topological polar surface area (TPSA) is 109 Å². The van der Waals surface area contributed by atoms with Crippen molar-refractivity contribution in [3.63, 3.8) is 0 Å². The van der Waals surface area contributed by atoms with E-state index in [1.54, 1.807) is 0 Å². The zero-order chi connectivity index (χ0) is 15.2. The lowest BCUT2D eigenvalue weighted by Gasteiger charge is -2.07. The minimum Gasteiger partial charge on any atom is -0.278 e. The average molecular weight is 346 g/mol. The molecule has 3 aromatic heterocycles. The highest BCUT2D eigenvalue weighted by atomic mass is 35.5. The van der Waals surface area contributed by atoms with Gasteiger partial charge < -0.3 is 0 Å². The van der Waals surface area contributed by atoms with Gasteiger partial charge in [-0.05, 0) is 19.1 Å². The molecule has 2 N–H and O–H groups in total. The molecule has 0 radical (unpaired) electrons. The summed E-state index contributed by atoms with van der Waals surface area (Å²) in [4.78, 5) is 20.1. The predicted octanol–water partition coefficient (Wildman–Crippen LogP) is 1.24. The van der Waals surface area contributed by atoms with E-state index in [0.717, 1.165) is 15.9 Å².